The topological polar surface area (TPSA) is 98.0 Å². The van der Waals surface area contributed by atoms with E-state index in [-0.39, 0.29) is 7.12 Å². The first-order chi connectivity index (χ1) is 20.5. The number of benzene rings is 2. The van der Waals surface area contributed by atoms with Gasteiger partial charge in [0.2, 0.25) is 0 Å². The summed E-state index contributed by atoms with van der Waals surface area (Å²) < 4.78 is 28.3. The van der Waals surface area contributed by atoms with E-state index in [4.69, 9.17) is 29.3 Å². The van der Waals surface area contributed by atoms with Crippen LogP contribution in [-0.4, -0.2) is 63.3 Å². The second kappa shape index (κ2) is 16.4. The zero-order chi connectivity index (χ0) is 29.7. The molecule has 0 spiro atoms. The second-order valence-corrected chi connectivity index (χ2v) is 10.4. The van der Waals surface area contributed by atoms with Crippen molar-refractivity contribution in [2.24, 2.45) is 0 Å². The lowest BCUT2D eigenvalue weighted by Crippen LogP contribution is -2.23. The average Bonchev–Trinajstić information content (AvgIpc) is 2.97. The Hall–Kier alpha value is -3.24. The molecule has 0 unspecified atom stereocenters. The van der Waals surface area contributed by atoms with Gasteiger partial charge in [-0.05, 0) is 99.8 Å². The molecule has 4 rings (SSSR count). The lowest BCUT2D eigenvalue weighted by Gasteiger charge is -2.12. The van der Waals surface area contributed by atoms with Gasteiger partial charge in [0, 0.05) is 36.8 Å². The number of rotatable bonds is 18. The molecule has 2 N–H and O–H groups in total. The van der Waals surface area contributed by atoms with Gasteiger partial charge in [-0.2, -0.15) is 0 Å². The van der Waals surface area contributed by atoms with Gasteiger partial charge >= 0.3 is 7.12 Å². The van der Waals surface area contributed by atoms with Crippen molar-refractivity contribution < 1.29 is 23.5 Å². The van der Waals surface area contributed by atoms with Crippen LogP contribution in [0.25, 0.3) is 21.8 Å². The van der Waals surface area contributed by atoms with E-state index in [0.717, 1.165) is 58.7 Å². The van der Waals surface area contributed by atoms with E-state index in [1.807, 2.05) is 26.1 Å². The summed E-state index contributed by atoms with van der Waals surface area (Å²) >= 11 is 0. The molecular formula is C33H44BN3O5. The maximum Gasteiger partial charge on any atom is 0.456 e. The summed E-state index contributed by atoms with van der Waals surface area (Å²) in [7, 11) is -0.138. The predicted octanol–water partition coefficient (Wildman–Crippen LogP) is 6.13. The normalized spacial score (nSPS) is 11.4. The van der Waals surface area contributed by atoms with Crippen LogP contribution in [0.1, 0.15) is 42.5 Å². The standard InChI is InChI=1S/C33H44BN3O5/c1-5-41-34(42-6-2)14-7-15-38-16-17-39-18-19-40-28-12-11-27(25(4)21-28)10-9-26-22-30-29-13-8-24(3)20-31(29)37-33(35)32(30)36-23-26/h8,11-13,20-23H,5-7,9-10,14-19H2,1-4H3,(H2,35,37). The van der Waals surface area contributed by atoms with Crippen molar-refractivity contribution in [1.29, 1.82) is 0 Å². The van der Waals surface area contributed by atoms with Crippen LogP contribution < -0.4 is 10.5 Å². The highest BCUT2D eigenvalue weighted by molar-refractivity contribution is 6.44. The van der Waals surface area contributed by atoms with Gasteiger partial charge in [-0.25, -0.2) is 4.98 Å². The largest absolute Gasteiger partial charge is 0.491 e. The number of ether oxygens (including phenoxy) is 3. The third kappa shape index (κ3) is 9.13. The van der Waals surface area contributed by atoms with Gasteiger partial charge in [-0.1, -0.05) is 18.2 Å². The predicted molar refractivity (Wildman–Crippen MR) is 170 cm³/mol. The van der Waals surface area contributed by atoms with E-state index in [9.17, 15) is 0 Å². The van der Waals surface area contributed by atoms with Crippen LogP contribution in [0.5, 0.6) is 5.75 Å². The molecule has 0 fully saturated rings. The first kappa shape index (κ1) is 31.7. The van der Waals surface area contributed by atoms with Gasteiger partial charge < -0.3 is 29.3 Å². The number of hydrogen-bond acceptors (Lipinski definition) is 8. The summed E-state index contributed by atoms with van der Waals surface area (Å²) in [5.74, 6) is 1.33. The molecule has 0 atom stereocenters. The minimum Gasteiger partial charge on any atom is -0.491 e. The first-order valence-electron chi connectivity index (χ1n) is 15.0. The molecule has 0 saturated carbocycles. The van der Waals surface area contributed by atoms with Gasteiger partial charge in [0.05, 0.1) is 25.3 Å². The Balaban J connectivity index is 1.17. The zero-order valence-corrected chi connectivity index (χ0v) is 25.5. The number of aromatic nitrogens is 2. The first-order valence-corrected chi connectivity index (χ1v) is 15.0. The highest BCUT2D eigenvalue weighted by atomic mass is 16.6. The molecule has 0 bridgehead atoms. The third-order valence-corrected chi connectivity index (χ3v) is 7.17. The molecule has 0 aliphatic carbocycles. The zero-order valence-electron chi connectivity index (χ0n) is 25.5. The van der Waals surface area contributed by atoms with Gasteiger partial charge in [0.15, 0.2) is 5.82 Å². The number of nitrogens with two attached hydrogens (primary N) is 1. The number of pyridine rings is 2. The van der Waals surface area contributed by atoms with Crippen molar-refractivity contribution >= 4 is 34.7 Å². The molecule has 2 aromatic carbocycles. The summed E-state index contributed by atoms with van der Waals surface area (Å²) in [5, 5.41) is 2.13. The van der Waals surface area contributed by atoms with E-state index in [0.29, 0.717) is 52.1 Å². The number of nitrogens with zero attached hydrogens (tertiary/aromatic N) is 2. The molecule has 2 heterocycles. The molecule has 42 heavy (non-hydrogen) atoms. The molecule has 0 aliphatic heterocycles. The molecule has 0 radical (unpaired) electrons. The molecule has 0 saturated heterocycles. The number of fused-ring (bicyclic) bond motifs is 3. The van der Waals surface area contributed by atoms with Crippen LogP contribution in [0.2, 0.25) is 6.32 Å². The Morgan fingerprint density at radius 2 is 1.57 bits per heavy atom. The van der Waals surface area contributed by atoms with E-state index in [1.54, 1.807) is 0 Å². The highest BCUT2D eigenvalue weighted by Crippen LogP contribution is 2.28. The van der Waals surface area contributed by atoms with Crippen molar-refractivity contribution in [3.8, 4) is 5.75 Å². The SMILES string of the molecule is CCOB(CCCOCCOCCOc1ccc(CCc2cnc3c(N)nc4cc(C)ccc4c3c2)c(C)c1)OCC. The summed E-state index contributed by atoms with van der Waals surface area (Å²) in [6, 6.07) is 14.8. The minimum atomic E-state index is -0.138. The Morgan fingerprint density at radius 3 is 2.33 bits per heavy atom. The monoisotopic (exact) mass is 573 g/mol. The third-order valence-electron chi connectivity index (χ3n) is 7.17. The van der Waals surface area contributed by atoms with Crippen molar-refractivity contribution in [2.75, 3.05) is 52.0 Å². The molecule has 2 aromatic heterocycles. The van der Waals surface area contributed by atoms with E-state index in [1.165, 1.54) is 16.7 Å². The van der Waals surface area contributed by atoms with Crippen molar-refractivity contribution in [3.63, 3.8) is 0 Å². The van der Waals surface area contributed by atoms with Crippen LogP contribution in [0.3, 0.4) is 0 Å². The van der Waals surface area contributed by atoms with Crippen molar-refractivity contribution in [2.45, 2.75) is 53.3 Å². The van der Waals surface area contributed by atoms with Gasteiger partial charge in [-0.15, -0.1) is 0 Å². The quantitative estimate of drug-likeness (QED) is 0.0863. The Bertz CT molecular complexity index is 1430. The van der Waals surface area contributed by atoms with Crippen LogP contribution in [0, 0.1) is 13.8 Å². The summed E-state index contributed by atoms with van der Waals surface area (Å²) in [6.07, 6.45) is 5.44. The summed E-state index contributed by atoms with van der Waals surface area (Å²) in [6.45, 7) is 12.2. The van der Waals surface area contributed by atoms with Gasteiger partial charge in [0.25, 0.3) is 0 Å². The lowest BCUT2D eigenvalue weighted by molar-refractivity contribution is 0.0361. The molecule has 9 heteroatoms. The van der Waals surface area contributed by atoms with Gasteiger partial charge in [-0.3, -0.25) is 4.98 Å². The van der Waals surface area contributed by atoms with Crippen molar-refractivity contribution in [3.05, 3.63) is 70.9 Å². The fourth-order valence-electron chi connectivity index (χ4n) is 5.00. The summed E-state index contributed by atoms with van der Waals surface area (Å²) in [4.78, 5) is 9.21. The van der Waals surface area contributed by atoms with Gasteiger partial charge in [0.1, 0.15) is 17.9 Å². The maximum absolute atomic E-state index is 6.22. The maximum atomic E-state index is 6.22. The molecule has 0 aliphatic rings. The molecule has 4 aromatic rings. The van der Waals surface area contributed by atoms with E-state index >= 15 is 0 Å². The number of anilines is 1. The van der Waals surface area contributed by atoms with Crippen LogP contribution in [0.15, 0.2) is 48.7 Å². The average molecular weight is 574 g/mol. The Morgan fingerprint density at radius 1 is 0.810 bits per heavy atom. The molecule has 0 amide bonds. The van der Waals surface area contributed by atoms with Crippen LogP contribution >= 0.6 is 0 Å². The van der Waals surface area contributed by atoms with E-state index < -0.39 is 0 Å². The lowest BCUT2D eigenvalue weighted by atomic mass is 9.83. The molecule has 8 nitrogen and oxygen atoms in total. The Kier molecular flexibility index (Phi) is 12.4. The molecular weight excluding hydrogens is 529 g/mol. The number of hydrogen-bond donors (Lipinski definition) is 1. The van der Waals surface area contributed by atoms with Crippen LogP contribution in [0.4, 0.5) is 5.82 Å². The van der Waals surface area contributed by atoms with Crippen molar-refractivity contribution in [1.82, 2.24) is 9.97 Å². The number of aryl methyl sites for hydroxylation is 4. The summed E-state index contributed by atoms with van der Waals surface area (Å²) in [5.41, 5.74) is 12.7. The smallest absolute Gasteiger partial charge is 0.456 e. The Labute approximate surface area is 250 Å². The number of nitrogen functional groups attached to an aromatic ring is 1. The molecule has 224 valence electrons. The fourth-order valence-corrected chi connectivity index (χ4v) is 5.00. The second-order valence-electron chi connectivity index (χ2n) is 10.4. The minimum absolute atomic E-state index is 0.138. The fraction of sp³-hybridized carbons (Fsp3) is 0.455. The highest BCUT2D eigenvalue weighted by Gasteiger charge is 2.15. The van der Waals surface area contributed by atoms with Crippen LogP contribution in [-0.2, 0) is 31.6 Å². The van der Waals surface area contributed by atoms with E-state index in [2.05, 4.69) is 60.2 Å².